The molecular formula is C16H17NO3. The molecule has 1 unspecified atom stereocenters. The summed E-state index contributed by atoms with van der Waals surface area (Å²) in [5, 5.41) is 0. The number of amides is 1. The van der Waals surface area contributed by atoms with Crippen LogP contribution in [-0.4, -0.2) is 12.0 Å². The molecule has 0 saturated heterocycles. The quantitative estimate of drug-likeness (QED) is 0.878. The first-order chi connectivity index (χ1) is 9.65. The van der Waals surface area contributed by atoms with Gasteiger partial charge in [-0.15, -0.1) is 0 Å². The molecule has 0 radical (unpaired) electrons. The van der Waals surface area contributed by atoms with Crippen LogP contribution in [0.15, 0.2) is 54.6 Å². The van der Waals surface area contributed by atoms with E-state index in [-0.39, 0.29) is 0 Å². The Labute approximate surface area is 118 Å². The molecule has 0 aliphatic heterocycles. The Balaban J connectivity index is 1.90. The highest BCUT2D eigenvalue weighted by molar-refractivity contribution is 5.78. The number of ether oxygens (including phenoxy) is 2. The van der Waals surface area contributed by atoms with Gasteiger partial charge < -0.3 is 15.2 Å². The molecule has 0 aromatic heterocycles. The molecule has 20 heavy (non-hydrogen) atoms. The minimum absolute atomic E-state index is 0.491. The number of rotatable bonds is 6. The maximum Gasteiger partial charge on any atom is 0.258 e. The van der Waals surface area contributed by atoms with Gasteiger partial charge in [-0.05, 0) is 36.8 Å². The minimum Gasteiger partial charge on any atom is -0.489 e. The molecule has 1 amide bonds. The molecule has 0 saturated carbocycles. The van der Waals surface area contributed by atoms with Crippen molar-refractivity contribution in [2.75, 3.05) is 0 Å². The van der Waals surface area contributed by atoms with E-state index in [1.807, 2.05) is 30.3 Å². The van der Waals surface area contributed by atoms with Crippen LogP contribution in [0.4, 0.5) is 0 Å². The summed E-state index contributed by atoms with van der Waals surface area (Å²) in [5.74, 6) is 0.839. The first-order valence-corrected chi connectivity index (χ1v) is 6.38. The van der Waals surface area contributed by atoms with Gasteiger partial charge in [-0.3, -0.25) is 4.79 Å². The minimum atomic E-state index is -0.647. The predicted molar refractivity (Wildman–Crippen MR) is 76.5 cm³/mol. The van der Waals surface area contributed by atoms with E-state index in [1.165, 1.54) is 0 Å². The van der Waals surface area contributed by atoms with Crippen molar-refractivity contribution in [3.8, 4) is 11.5 Å². The van der Waals surface area contributed by atoms with E-state index in [0.717, 1.165) is 11.3 Å². The number of nitrogens with two attached hydrogens (primary N) is 1. The van der Waals surface area contributed by atoms with Crippen LogP contribution in [0, 0.1) is 0 Å². The zero-order chi connectivity index (χ0) is 14.4. The van der Waals surface area contributed by atoms with Crippen molar-refractivity contribution in [2.45, 2.75) is 19.6 Å². The summed E-state index contributed by atoms with van der Waals surface area (Å²) in [6.45, 7) is 2.13. The molecule has 104 valence electrons. The second-order valence-electron chi connectivity index (χ2n) is 4.41. The maximum atomic E-state index is 10.9. The van der Waals surface area contributed by atoms with Gasteiger partial charge >= 0.3 is 0 Å². The number of carbonyl (C=O) groups is 1. The smallest absolute Gasteiger partial charge is 0.258 e. The summed E-state index contributed by atoms with van der Waals surface area (Å²) >= 11 is 0. The van der Waals surface area contributed by atoms with Crippen molar-refractivity contribution in [2.24, 2.45) is 5.73 Å². The second-order valence-corrected chi connectivity index (χ2v) is 4.41. The van der Waals surface area contributed by atoms with Crippen molar-refractivity contribution in [3.63, 3.8) is 0 Å². The summed E-state index contributed by atoms with van der Waals surface area (Å²) in [4.78, 5) is 10.9. The lowest BCUT2D eigenvalue weighted by atomic mass is 10.2. The summed E-state index contributed by atoms with van der Waals surface area (Å²) in [7, 11) is 0. The average molecular weight is 271 g/mol. The first kappa shape index (κ1) is 13.9. The molecule has 0 spiro atoms. The SMILES string of the molecule is CC(Oc1ccc(OCc2ccccc2)cc1)C(N)=O. The Morgan fingerprint density at radius 3 is 2.25 bits per heavy atom. The molecule has 1 atom stereocenters. The largest absolute Gasteiger partial charge is 0.489 e. The lowest BCUT2D eigenvalue weighted by Gasteiger charge is -2.12. The van der Waals surface area contributed by atoms with Gasteiger partial charge in [0.1, 0.15) is 18.1 Å². The molecule has 0 aliphatic carbocycles. The summed E-state index contributed by atoms with van der Waals surface area (Å²) in [5.41, 5.74) is 6.24. The average Bonchev–Trinajstić information content (AvgIpc) is 2.47. The number of hydrogen-bond donors (Lipinski definition) is 1. The van der Waals surface area contributed by atoms with Gasteiger partial charge in [0.15, 0.2) is 6.10 Å². The molecule has 2 N–H and O–H groups in total. The Hall–Kier alpha value is -2.49. The van der Waals surface area contributed by atoms with E-state index in [9.17, 15) is 4.79 Å². The maximum absolute atomic E-state index is 10.9. The van der Waals surface area contributed by atoms with E-state index in [1.54, 1.807) is 31.2 Å². The van der Waals surface area contributed by atoms with Crippen molar-refractivity contribution in [1.29, 1.82) is 0 Å². The molecule has 0 bridgehead atoms. The Bertz CT molecular complexity index is 552. The van der Waals surface area contributed by atoms with Crippen LogP contribution < -0.4 is 15.2 Å². The van der Waals surface area contributed by atoms with Crippen molar-refractivity contribution in [1.82, 2.24) is 0 Å². The molecule has 0 aliphatic rings. The highest BCUT2D eigenvalue weighted by Crippen LogP contribution is 2.19. The Morgan fingerprint density at radius 2 is 1.65 bits per heavy atom. The fourth-order valence-corrected chi connectivity index (χ4v) is 1.62. The lowest BCUT2D eigenvalue weighted by molar-refractivity contribution is -0.123. The normalized spacial score (nSPS) is 11.7. The zero-order valence-electron chi connectivity index (χ0n) is 11.3. The number of hydrogen-bond acceptors (Lipinski definition) is 3. The van der Waals surface area contributed by atoms with Crippen LogP contribution in [0.1, 0.15) is 12.5 Å². The van der Waals surface area contributed by atoms with E-state index in [0.29, 0.717) is 12.4 Å². The Kier molecular flexibility index (Phi) is 4.60. The molecule has 2 aromatic rings. The van der Waals surface area contributed by atoms with E-state index in [2.05, 4.69) is 0 Å². The van der Waals surface area contributed by atoms with Gasteiger partial charge in [0, 0.05) is 0 Å². The number of primary amides is 1. The van der Waals surface area contributed by atoms with Crippen molar-refractivity contribution >= 4 is 5.91 Å². The number of benzene rings is 2. The van der Waals surface area contributed by atoms with Gasteiger partial charge in [0.2, 0.25) is 0 Å². The van der Waals surface area contributed by atoms with Crippen LogP contribution in [0.3, 0.4) is 0 Å². The molecule has 4 heteroatoms. The lowest BCUT2D eigenvalue weighted by Crippen LogP contribution is -2.30. The van der Waals surface area contributed by atoms with Crippen LogP contribution >= 0.6 is 0 Å². The standard InChI is InChI=1S/C16H17NO3/c1-12(16(17)18)20-15-9-7-14(8-10-15)19-11-13-5-3-2-4-6-13/h2-10,12H,11H2,1H3,(H2,17,18). The molecule has 0 heterocycles. The summed E-state index contributed by atoms with van der Waals surface area (Å²) in [6.07, 6.45) is -0.647. The third-order valence-corrected chi connectivity index (χ3v) is 2.79. The van der Waals surface area contributed by atoms with Crippen LogP contribution in [-0.2, 0) is 11.4 Å². The Morgan fingerprint density at radius 1 is 1.05 bits per heavy atom. The van der Waals surface area contributed by atoms with Crippen LogP contribution in [0.5, 0.6) is 11.5 Å². The monoisotopic (exact) mass is 271 g/mol. The third kappa shape index (κ3) is 4.02. The van der Waals surface area contributed by atoms with Crippen LogP contribution in [0.2, 0.25) is 0 Å². The predicted octanol–water partition coefficient (Wildman–Crippen LogP) is 2.52. The van der Waals surface area contributed by atoms with Gasteiger partial charge in [-0.25, -0.2) is 0 Å². The van der Waals surface area contributed by atoms with Gasteiger partial charge in [0.05, 0.1) is 0 Å². The highest BCUT2D eigenvalue weighted by atomic mass is 16.5. The highest BCUT2D eigenvalue weighted by Gasteiger charge is 2.09. The van der Waals surface area contributed by atoms with Crippen molar-refractivity contribution < 1.29 is 14.3 Å². The fraction of sp³-hybridized carbons (Fsp3) is 0.188. The zero-order valence-corrected chi connectivity index (χ0v) is 11.3. The summed E-state index contributed by atoms with van der Waals surface area (Å²) < 4.78 is 11.0. The van der Waals surface area contributed by atoms with E-state index in [4.69, 9.17) is 15.2 Å². The molecule has 2 rings (SSSR count). The van der Waals surface area contributed by atoms with Crippen LogP contribution in [0.25, 0.3) is 0 Å². The third-order valence-electron chi connectivity index (χ3n) is 2.79. The van der Waals surface area contributed by atoms with Crippen molar-refractivity contribution in [3.05, 3.63) is 60.2 Å². The molecular weight excluding hydrogens is 254 g/mol. The fourth-order valence-electron chi connectivity index (χ4n) is 1.62. The van der Waals surface area contributed by atoms with Gasteiger partial charge in [0.25, 0.3) is 5.91 Å². The molecule has 0 fully saturated rings. The summed E-state index contributed by atoms with van der Waals surface area (Å²) in [6, 6.07) is 17.0. The first-order valence-electron chi connectivity index (χ1n) is 6.38. The number of carbonyl (C=O) groups excluding carboxylic acids is 1. The van der Waals surface area contributed by atoms with Gasteiger partial charge in [-0.1, -0.05) is 30.3 Å². The second kappa shape index (κ2) is 6.61. The van der Waals surface area contributed by atoms with E-state index >= 15 is 0 Å². The molecule has 4 nitrogen and oxygen atoms in total. The molecule has 2 aromatic carbocycles. The topological polar surface area (TPSA) is 61.6 Å². The van der Waals surface area contributed by atoms with Gasteiger partial charge in [-0.2, -0.15) is 0 Å². The van der Waals surface area contributed by atoms with E-state index < -0.39 is 12.0 Å².